The molecule has 3 aromatic rings. The Morgan fingerprint density at radius 3 is 2.75 bits per heavy atom. The molecule has 0 fully saturated rings. The molecule has 0 aromatic carbocycles. The molecule has 0 atom stereocenters. The third kappa shape index (κ3) is 2.82. The van der Waals surface area contributed by atoms with E-state index in [1.165, 1.54) is 23.2 Å². The van der Waals surface area contributed by atoms with Crippen LogP contribution in [0.2, 0.25) is 0 Å². The quantitative estimate of drug-likeness (QED) is 0.635. The number of amides is 1. The van der Waals surface area contributed by atoms with Gasteiger partial charge in [-0.05, 0) is 27.4 Å². The lowest BCUT2D eigenvalue weighted by Gasteiger charge is -2.09. The summed E-state index contributed by atoms with van der Waals surface area (Å²) in [6, 6.07) is 3.85. The first-order chi connectivity index (χ1) is 11.4. The SMILES string of the molecule is Cn1c(=O)c2nc(Br)n(CC(=O)NCc3cccs3)c2n(C)c1=O. The smallest absolute Gasteiger partial charge is 0.332 e. The number of rotatable bonds is 4. The zero-order valence-electron chi connectivity index (χ0n) is 12.9. The first kappa shape index (κ1) is 16.7. The molecule has 24 heavy (non-hydrogen) atoms. The third-order valence-corrected chi connectivity index (χ3v) is 5.12. The largest absolute Gasteiger partial charge is 0.350 e. The number of aromatic nitrogens is 4. The Morgan fingerprint density at radius 1 is 1.33 bits per heavy atom. The second kappa shape index (κ2) is 6.36. The molecule has 10 heteroatoms. The van der Waals surface area contributed by atoms with E-state index >= 15 is 0 Å². The first-order valence-electron chi connectivity index (χ1n) is 7.01. The van der Waals surface area contributed by atoms with E-state index in [0.29, 0.717) is 16.9 Å². The molecule has 0 radical (unpaired) electrons. The van der Waals surface area contributed by atoms with Gasteiger partial charge in [0.15, 0.2) is 15.9 Å². The second-order valence-corrected chi connectivity index (χ2v) is 6.94. The van der Waals surface area contributed by atoms with E-state index in [2.05, 4.69) is 26.2 Å². The van der Waals surface area contributed by atoms with Gasteiger partial charge in [0, 0.05) is 19.0 Å². The number of imidazole rings is 1. The Hall–Kier alpha value is -2.20. The predicted octanol–water partition coefficient (Wildman–Crippen LogP) is 0.574. The van der Waals surface area contributed by atoms with E-state index < -0.39 is 11.2 Å². The number of aryl methyl sites for hydroxylation is 1. The first-order valence-corrected chi connectivity index (χ1v) is 8.68. The molecule has 8 nitrogen and oxygen atoms in total. The molecule has 0 unspecified atom stereocenters. The minimum atomic E-state index is -0.494. The maximum atomic E-state index is 12.2. The van der Waals surface area contributed by atoms with Gasteiger partial charge < -0.3 is 5.32 Å². The van der Waals surface area contributed by atoms with Crippen molar-refractivity contribution in [3.63, 3.8) is 0 Å². The molecule has 0 saturated carbocycles. The molecule has 0 saturated heterocycles. The fourth-order valence-electron chi connectivity index (χ4n) is 2.40. The summed E-state index contributed by atoms with van der Waals surface area (Å²) in [6.07, 6.45) is 0. The standard InChI is InChI=1S/C14H14BrN5O3S/c1-18-11-10(12(22)19(2)14(18)23)17-13(15)20(11)7-9(21)16-6-8-4-3-5-24-8/h3-5H,6-7H2,1-2H3,(H,16,21). The van der Waals surface area contributed by atoms with E-state index in [0.717, 1.165) is 9.44 Å². The molecule has 1 amide bonds. The van der Waals surface area contributed by atoms with Gasteiger partial charge in [0.1, 0.15) is 6.54 Å². The fraction of sp³-hybridized carbons (Fsp3) is 0.286. The van der Waals surface area contributed by atoms with Crippen molar-refractivity contribution < 1.29 is 4.79 Å². The number of nitrogens with zero attached hydrogens (tertiary/aromatic N) is 4. The zero-order valence-corrected chi connectivity index (χ0v) is 15.3. The molecule has 3 aromatic heterocycles. The van der Waals surface area contributed by atoms with Crippen molar-refractivity contribution in [2.45, 2.75) is 13.1 Å². The lowest BCUT2D eigenvalue weighted by Crippen LogP contribution is -2.38. The molecule has 126 valence electrons. The highest BCUT2D eigenvalue weighted by Crippen LogP contribution is 2.16. The van der Waals surface area contributed by atoms with Crippen LogP contribution < -0.4 is 16.6 Å². The van der Waals surface area contributed by atoms with Gasteiger partial charge in [-0.3, -0.25) is 23.3 Å². The molecule has 0 aliphatic rings. The third-order valence-electron chi connectivity index (χ3n) is 3.63. The topological polar surface area (TPSA) is 90.9 Å². The van der Waals surface area contributed by atoms with E-state index in [4.69, 9.17) is 0 Å². The van der Waals surface area contributed by atoms with Crippen molar-refractivity contribution in [1.29, 1.82) is 0 Å². The van der Waals surface area contributed by atoms with Crippen LogP contribution in [0, 0.1) is 0 Å². The number of hydrogen-bond donors (Lipinski definition) is 1. The van der Waals surface area contributed by atoms with Crippen molar-refractivity contribution in [3.8, 4) is 0 Å². The van der Waals surface area contributed by atoms with Crippen LogP contribution in [0.3, 0.4) is 0 Å². The van der Waals surface area contributed by atoms with Crippen molar-refractivity contribution in [1.82, 2.24) is 24.0 Å². The summed E-state index contributed by atoms with van der Waals surface area (Å²) >= 11 is 4.81. The van der Waals surface area contributed by atoms with Gasteiger partial charge >= 0.3 is 5.69 Å². The van der Waals surface area contributed by atoms with E-state index in [1.54, 1.807) is 11.3 Å². The van der Waals surface area contributed by atoms with E-state index in [-0.39, 0.29) is 18.0 Å². The summed E-state index contributed by atoms with van der Waals surface area (Å²) in [7, 11) is 2.93. The molecule has 0 aliphatic carbocycles. The van der Waals surface area contributed by atoms with Crippen LogP contribution >= 0.6 is 27.3 Å². The van der Waals surface area contributed by atoms with E-state index in [9.17, 15) is 14.4 Å². The maximum Gasteiger partial charge on any atom is 0.332 e. The number of thiophene rings is 1. The number of hydrogen-bond acceptors (Lipinski definition) is 5. The van der Waals surface area contributed by atoms with Gasteiger partial charge in [-0.15, -0.1) is 11.3 Å². The lowest BCUT2D eigenvalue weighted by atomic mass is 10.4. The molecular weight excluding hydrogens is 398 g/mol. The molecule has 3 rings (SSSR count). The fourth-order valence-corrected chi connectivity index (χ4v) is 3.52. The lowest BCUT2D eigenvalue weighted by molar-refractivity contribution is -0.121. The van der Waals surface area contributed by atoms with Gasteiger partial charge in [-0.25, -0.2) is 9.78 Å². The van der Waals surface area contributed by atoms with Crippen LogP contribution in [-0.2, 0) is 32.0 Å². The van der Waals surface area contributed by atoms with Gasteiger partial charge in [0.2, 0.25) is 5.91 Å². The molecule has 0 bridgehead atoms. The summed E-state index contributed by atoms with van der Waals surface area (Å²) in [5.41, 5.74) is -0.523. The highest BCUT2D eigenvalue weighted by Gasteiger charge is 2.19. The highest BCUT2D eigenvalue weighted by atomic mass is 79.9. The molecule has 1 N–H and O–H groups in total. The van der Waals surface area contributed by atoms with Crippen molar-refractivity contribution in [2.24, 2.45) is 14.1 Å². The Kier molecular flexibility index (Phi) is 4.41. The van der Waals surface area contributed by atoms with Crippen LogP contribution in [0.15, 0.2) is 31.8 Å². The van der Waals surface area contributed by atoms with Crippen molar-refractivity contribution >= 4 is 44.3 Å². The van der Waals surface area contributed by atoms with Crippen LogP contribution in [0.25, 0.3) is 11.2 Å². The Labute approximate surface area is 148 Å². The molecule has 0 aliphatic heterocycles. The maximum absolute atomic E-state index is 12.2. The van der Waals surface area contributed by atoms with Crippen molar-refractivity contribution in [3.05, 3.63) is 48.0 Å². The average Bonchev–Trinajstić information content (AvgIpc) is 3.18. The van der Waals surface area contributed by atoms with E-state index in [1.807, 2.05) is 17.5 Å². The predicted molar refractivity (Wildman–Crippen MR) is 94.1 cm³/mol. The van der Waals surface area contributed by atoms with Crippen molar-refractivity contribution in [2.75, 3.05) is 0 Å². The number of fused-ring (bicyclic) bond motifs is 1. The van der Waals surface area contributed by atoms with Crippen LogP contribution in [0.5, 0.6) is 0 Å². The molecule has 0 spiro atoms. The number of carbonyl (C=O) groups excluding carboxylic acids is 1. The van der Waals surface area contributed by atoms with Gasteiger partial charge in [-0.2, -0.15) is 0 Å². The van der Waals surface area contributed by atoms with Crippen LogP contribution in [0.1, 0.15) is 4.88 Å². The minimum Gasteiger partial charge on any atom is -0.350 e. The summed E-state index contributed by atoms with van der Waals surface area (Å²) in [6.45, 7) is 0.379. The average molecular weight is 412 g/mol. The number of nitrogens with one attached hydrogen (secondary N) is 1. The summed E-state index contributed by atoms with van der Waals surface area (Å²) in [5.74, 6) is -0.239. The Balaban J connectivity index is 1.95. The number of carbonyl (C=O) groups is 1. The molecular formula is C14H14BrN5O3S. The van der Waals surface area contributed by atoms with Gasteiger partial charge in [-0.1, -0.05) is 6.07 Å². The normalized spacial score (nSPS) is 11.1. The Bertz CT molecular complexity index is 1030. The zero-order chi connectivity index (χ0) is 17.4. The highest BCUT2D eigenvalue weighted by molar-refractivity contribution is 9.10. The molecule has 3 heterocycles. The van der Waals surface area contributed by atoms with Crippen LogP contribution in [-0.4, -0.2) is 24.6 Å². The Morgan fingerprint density at radius 2 is 2.08 bits per heavy atom. The summed E-state index contributed by atoms with van der Waals surface area (Å²) in [5, 5.41) is 4.74. The summed E-state index contributed by atoms with van der Waals surface area (Å²) in [4.78, 5) is 41.7. The van der Waals surface area contributed by atoms with Gasteiger partial charge in [0.25, 0.3) is 5.56 Å². The summed E-state index contributed by atoms with van der Waals surface area (Å²) < 4.78 is 4.12. The van der Waals surface area contributed by atoms with Crippen LogP contribution in [0.4, 0.5) is 0 Å². The minimum absolute atomic E-state index is 0.0527. The number of halogens is 1. The monoisotopic (exact) mass is 411 g/mol. The van der Waals surface area contributed by atoms with Gasteiger partial charge in [0.05, 0.1) is 6.54 Å². The second-order valence-electron chi connectivity index (χ2n) is 5.20.